The molecule has 31 heavy (non-hydrogen) atoms. The SMILES string of the molecule is CCC(C)C(CN1CSC(C)(C)C1C(=O)NC(CCSC)C(=O)OC)NCC(N)CS. The van der Waals surface area contributed by atoms with Gasteiger partial charge in [0.2, 0.25) is 5.91 Å². The fourth-order valence-electron chi connectivity index (χ4n) is 3.71. The van der Waals surface area contributed by atoms with Gasteiger partial charge >= 0.3 is 5.97 Å². The van der Waals surface area contributed by atoms with Gasteiger partial charge in [0.1, 0.15) is 12.1 Å². The quantitative estimate of drug-likeness (QED) is 0.214. The summed E-state index contributed by atoms with van der Waals surface area (Å²) in [4.78, 5) is 27.8. The number of amides is 1. The molecule has 10 heteroatoms. The second-order valence-electron chi connectivity index (χ2n) is 8.76. The summed E-state index contributed by atoms with van der Waals surface area (Å²) in [6, 6.07) is -0.736. The third kappa shape index (κ3) is 8.97. The van der Waals surface area contributed by atoms with Crippen LogP contribution in [0.2, 0.25) is 0 Å². The standard InChI is InChI=1S/C21H42N4O3S3/c1-7-14(2)17(23-10-15(22)12-29)11-25-13-31-21(3,4)18(25)19(26)24-16(8-9-30-6)20(27)28-5/h14-18,23,29H,7-13,22H2,1-6H3,(H,24,26). The van der Waals surface area contributed by atoms with Crippen molar-refractivity contribution in [1.29, 1.82) is 0 Å². The number of nitrogens with one attached hydrogen (secondary N) is 2. The number of rotatable bonds is 14. The van der Waals surface area contributed by atoms with E-state index in [0.717, 1.165) is 24.6 Å². The summed E-state index contributed by atoms with van der Waals surface area (Å²) in [5.74, 6) is 2.11. The van der Waals surface area contributed by atoms with E-state index in [0.29, 0.717) is 24.6 Å². The van der Waals surface area contributed by atoms with Crippen molar-refractivity contribution in [1.82, 2.24) is 15.5 Å². The van der Waals surface area contributed by atoms with Crippen molar-refractivity contribution in [2.75, 3.05) is 43.8 Å². The number of hydrogen-bond acceptors (Lipinski definition) is 9. The lowest BCUT2D eigenvalue weighted by Crippen LogP contribution is -2.58. The van der Waals surface area contributed by atoms with Gasteiger partial charge in [0.05, 0.1) is 7.11 Å². The second kappa shape index (κ2) is 14.2. The average Bonchev–Trinajstić information content (AvgIpc) is 3.05. The molecule has 1 aliphatic rings. The molecule has 0 bridgehead atoms. The van der Waals surface area contributed by atoms with Crippen molar-refractivity contribution in [2.45, 2.75) is 69.5 Å². The number of ether oxygens (including phenoxy) is 1. The van der Waals surface area contributed by atoms with E-state index in [1.54, 1.807) is 23.5 Å². The lowest BCUT2D eigenvalue weighted by atomic mass is 9.95. The molecule has 0 radical (unpaired) electrons. The maximum atomic E-state index is 13.4. The third-order valence-electron chi connectivity index (χ3n) is 5.93. The Morgan fingerprint density at radius 3 is 2.65 bits per heavy atom. The Kier molecular flexibility index (Phi) is 13.2. The molecule has 7 nitrogen and oxygen atoms in total. The van der Waals surface area contributed by atoms with E-state index in [9.17, 15) is 9.59 Å². The molecule has 0 aromatic carbocycles. The minimum atomic E-state index is -0.620. The van der Waals surface area contributed by atoms with E-state index in [1.165, 1.54) is 7.11 Å². The van der Waals surface area contributed by atoms with Crippen molar-refractivity contribution in [3.8, 4) is 0 Å². The third-order valence-corrected chi connectivity index (χ3v) is 8.47. The van der Waals surface area contributed by atoms with Crippen molar-refractivity contribution in [3.63, 3.8) is 0 Å². The number of carbonyl (C=O) groups excluding carboxylic acids is 2. The number of nitrogens with two attached hydrogens (primary N) is 1. The first kappa shape index (κ1) is 28.9. The summed E-state index contributed by atoms with van der Waals surface area (Å²) in [5.41, 5.74) is 6.06. The van der Waals surface area contributed by atoms with Gasteiger partial charge in [-0.25, -0.2) is 4.79 Å². The van der Waals surface area contributed by atoms with Gasteiger partial charge in [-0.1, -0.05) is 20.3 Å². The highest BCUT2D eigenvalue weighted by Crippen LogP contribution is 2.39. The second-order valence-corrected chi connectivity index (χ2v) is 11.7. The van der Waals surface area contributed by atoms with E-state index in [2.05, 4.69) is 55.9 Å². The van der Waals surface area contributed by atoms with Gasteiger partial charge < -0.3 is 21.1 Å². The summed E-state index contributed by atoms with van der Waals surface area (Å²) in [6.45, 7) is 10.0. The van der Waals surface area contributed by atoms with Crippen LogP contribution in [0.15, 0.2) is 0 Å². The van der Waals surface area contributed by atoms with Crippen LogP contribution >= 0.6 is 36.2 Å². The van der Waals surface area contributed by atoms with Gasteiger partial charge in [-0.05, 0) is 38.2 Å². The molecule has 1 heterocycles. The fraction of sp³-hybridized carbons (Fsp3) is 0.905. The fourth-order valence-corrected chi connectivity index (χ4v) is 5.48. The summed E-state index contributed by atoms with van der Waals surface area (Å²) < 4.78 is 4.66. The first-order valence-electron chi connectivity index (χ1n) is 11.0. The molecule has 0 aromatic heterocycles. The van der Waals surface area contributed by atoms with Crippen LogP contribution in [-0.4, -0.2) is 89.5 Å². The zero-order valence-corrected chi connectivity index (χ0v) is 22.4. The van der Waals surface area contributed by atoms with Crippen LogP contribution in [0.3, 0.4) is 0 Å². The Morgan fingerprint density at radius 2 is 2.10 bits per heavy atom. The molecule has 0 spiro atoms. The van der Waals surface area contributed by atoms with Crippen molar-refractivity contribution >= 4 is 48.0 Å². The van der Waals surface area contributed by atoms with E-state index in [4.69, 9.17) is 10.5 Å². The molecule has 1 saturated heterocycles. The maximum absolute atomic E-state index is 13.4. The Morgan fingerprint density at radius 1 is 1.42 bits per heavy atom. The number of methoxy groups -OCH3 is 1. The van der Waals surface area contributed by atoms with E-state index in [1.807, 2.05) is 6.26 Å². The van der Waals surface area contributed by atoms with Gasteiger partial charge in [-0.15, -0.1) is 11.8 Å². The molecule has 4 N–H and O–H groups in total. The summed E-state index contributed by atoms with van der Waals surface area (Å²) in [6.07, 6.45) is 3.57. The van der Waals surface area contributed by atoms with Gasteiger partial charge in [0, 0.05) is 41.5 Å². The van der Waals surface area contributed by atoms with Gasteiger partial charge in [-0.2, -0.15) is 24.4 Å². The highest BCUT2D eigenvalue weighted by Gasteiger charge is 2.47. The monoisotopic (exact) mass is 494 g/mol. The van der Waals surface area contributed by atoms with Crippen LogP contribution in [0.5, 0.6) is 0 Å². The van der Waals surface area contributed by atoms with Crippen molar-refractivity contribution in [3.05, 3.63) is 0 Å². The highest BCUT2D eigenvalue weighted by atomic mass is 32.2. The van der Waals surface area contributed by atoms with Crippen LogP contribution in [0, 0.1) is 5.92 Å². The Bertz CT molecular complexity index is 568. The first-order chi connectivity index (χ1) is 14.6. The molecule has 182 valence electrons. The van der Waals surface area contributed by atoms with Gasteiger partial charge in [-0.3, -0.25) is 9.69 Å². The molecule has 0 aromatic rings. The molecule has 5 unspecified atom stereocenters. The van der Waals surface area contributed by atoms with Gasteiger partial charge in [0.15, 0.2) is 0 Å². The lowest BCUT2D eigenvalue weighted by Gasteiger charge is -2.35. The largest absolute Gasteiger partial charge is 0.467 e. The smallest absolute Gasteiger partial charge is 0.328 e. The van der Waals surface area contributed by atoms with Crippen LogP contribution in [0.4, 0.5) is 0 Å². The molecule has 1 rings (SSSR count). The normalized spacial score (nSPS) is 22.5. The first-order valence-corrected chi connectivity index (χ1v) is 14.0. The van der Waals surface area contributed by atoms with E-state index < -0.39 is 12.0 Å². The van der Waals surface area contributed by atoms with E-state index >= 15 is 0 Å². The van der Waals surface area contributed by atoms with Crippen molar-refractivity contribution < 1.29 is 14.3 Å². The molecule has 1 aliphatic heterocycles. The predicted octanol–water partition coefficient (Wildman–Crippen LogP) is 1.81. The minimum Gasteiger partial charge on any atom is -0.467 e. The number of thiol groups is 1. The number of carbonyl (C=O) groups is 2. The minimum absolute atomic E-state index is 0.00405. The number of nitrogens with zero attached hydrogens (tertiary/aromatic N) is 1. The summed E-state index contributed by atoms with van der Waals surface area (Å²) in [7, 11) is 1.36. The molecule has 5 atom stereocenters. The zero-order valence-electron chi connectivity index (χ0n) is 19.8. The van der Waals surface area contributed by atoms with Gasteiger partial charge in [0.25, 0.3) is 0 Å². The summed E-state index contributed by atoms with van der Waals surface area (Å²) >= 11 is 7.70. The van der Waals surface area contributed by atoms with Crippen molar-refractivity contribution in [2.24, 2.45) is 11.7 Å². The molecular weight excluding hydrogens is 452 g/mol. The highest BCUT2D eigenvalue weighted by molar-refractivity contribution is 8.00. The summed E-state index contributed by atoms with van der Waals surface area (Å²) in [5, 5.41) is 6.57. The number of thioether (sulfide) groups is 2. The molecule has 1 fully saturated rings. The van der Waals surface area contributed by atoms with Crippen LogP contribution in [0.1, 0.15) is 40.5 Å². The average molecular weight is 495 g/mol. The van der Waals surface area contributed by atoms with Crippen LogP contribution in [-0.2, 0) is 14.3 Å². The topological polar surface area (TPSA) is 96.7 Å². The predicted molar refractivity (Wildman–Crippen MR) is 137 cm³/mol. The zero-order chi connectivity index (χ0) is 23.6. The Balaban J connectivity index is 2.95. The number of esters is 1. The molecule has 1 amide bonds. The van der Waals surface area contributed by atoms with Crippen LogP contribution in [0.25, 0.3) is 0 Å². The van der Waals surface area contributed by atoms with Crippen LogP contribution < -0.4 is 16.4 Å². The lowest BCUT2D eigenvalue weighted by molar-refractivity contribution is -0.145. The Labute approximate surface area is 202 Å². The Hall–Kier alpha value is -0.130. The maximum Gasteiger partial charge on any atom is 0.328 e. The molecule has 0 saturated carbocycles. The molecule has 0 aliphatic carbocycles. The molecular formula is C21H42N4O3S3. The number of hydrogen-bond donors (Lipinski definition) is 4. The van der Waals surface area contributed by atoms with E-state index in [-0.39, 0.29) is 28.8 Å².